The molecule has 0 fully saturated rings. The number of hydrogen-bond acceptors (Lipinski definition) is 2. The molecule has 0 N–H and O–H groups in total. The average Bonchev–Trinajstić information content (AvgIpc) is 2.98. The molecule has 0 unspecified atom stereocenters. The lowest BCUT2D eigenvalue weighted by atomic mass is 9.90. The third-order valence-electron chi connectivity index (χ3n) is 4.47. The van der Waals surface area contributed by atoms with Crippen molar-refractivity contribution in [1.82, 2.24) is 0 Å². The monoisotopic (exact) mass is 272 g/mol. The summed E-state index contributed by atoms with van der Waals surface area (Å²) in [4.78, 5) is 11.6. The van der Waals surface area contributed by atoms with Crippen LogP contribution >= 0.6 is 0 Å². The molecular formula is C18H24O2. The van der Waals surface area contributed by atoms with E-state index in [-0.39, 0.29) is 17.3 Å². The van der Waals surface area contributed by atoms with Crippen LogP contribution in [0.3, 0.4) is 0 Å². The quantitative estimate of drug-likeness (QED) is 0.589. The average molecular weight is 272 g/mol. The first kappa shape index (κ1) is 14.8. The molecule has 2 nitrogen and oxygen atoms in total. The van der Waals surface area contributed by atoms with Gasteiger partial charge in [-0.05, 0) is 25.0 Å². The van der Waals surface area contributed by atoms with E-state index in [1.807, 2.05) is 19.9 Å². The molecule has 0 aliphatic heterocycles. The van der Waals surface area contributed by atoms with Crippen LogP contribution in [-0.4, -0.2) is 12.6 Å². The van der Waals surface area contributed by atoms with Gasteiger partial charge in [0.2, 0.25) is 0 Å². The van der Waals surface area contributed by atoms with Crippen LogP contribution in [0.15, 0.2) is 41.5 Å². The molecule has 0 spiro atoms. The van der Waals surface area contributed by atoms with E-state index in [4.69, 9.17) is 4.74 Å². The molecular weight excluding hydrogens is 248 g/mol. The number of rotatable bonds is 5. The summed E-state index contributed by atoms with van der Waals surface area (Å²) in [6, 6.07) is 10.5. The Morgan fingerprint density at radius 1 is 1.20 bits per heavy atom. The Bertz CT molecular complexity index is 528. The summed E-state index contributed by atoms with van der Waals surface area (Å²) in [7, 11) is 0. The standard InChI is InChI=1S/C18H24O2/c1-12(2)17(19)20-11-18(5)14(4)16(18)13(3)15-9-7-6-8-10-15/h6-10,12-13H,11H2,1-5H3/t13-,18-/m1/s1. The van der Waals surface area contributed by atoms with Gasteiger partial charge in [-0.15, -0.1) is 0 Å². The molecule has 1 aliphatic rings. The molecule has 0 heterocycles. The third kappa shape index (κ3) is 2.65. The first-order chi connectivity index (χ1) is 9.38. The molecule has 1 aromatic rings. The molecule has 0 saturated carbocycles. The van der Waals surface area contributed by atoms with Gasteiger partial charge in [-0.2, -0.15) is 0 Å². The van der Waals surface area contributed by atoms with Gasteiger partial charge in [-0.3, -0.25) is 4.79 Å². The SMILES string of the molecule is CC1=C([C@H](C)c2ccccc2)[C@]1(C)COC(=O)C(C)C. The highest BCUT2D eigenvalue weighted by Crippen LogP contribution is 2.58. The largest absolute Gasteiger partial charge is 0.464 e. The molecule has 2 rings (SSSR count). The molecule has 1 aromatic carbocycles. The summed E-state index contributed by atoms with van der Waals surface area (Å²) in [5, 5.41) is 0. The first-order valence-corrected chi connectivity index (χ1v) is 7.31. The van der Waals surface area contributed by atoms with Gasteiger partial charge < -0.3 is 4.74 Å². The maximum Gasteiger partial charge on any atom is 0.308 e. The lowest BCUT2D eigenvalue weighted by Crippen LogP contribution is -2.20. The van der Waals surface area contributed by atoms with Gasteiger partial charge in [0.25, 0.3) is 0 Å². The molecule has 2 atom stereocenters. The molecule has 0 aromatic heterocycles. The third-order valence-corrected chi connectivity index (χ3v) is 4.47. The summed E-state index contributed by atoms with van der Waals surface area (Å²) in [6.45, 7) is 10.8. The van der Waals surface area contributed by atoms with Gasteiger partial charge in [-0.1, -0.05) is 56.7 Å². The normalized spacial score (nSPS) is 22.9. The Morgan fingerprint density at radius 3 is 2.35 bits per heavy atom. The summed E-state index contributed by atoms with van der Waals surface area (Å²) in [6.07, 6.45) is 0. The van der Waals surface area contributed by atoms with Gasteiger partial charge in [0, 0.05) is 11.3 Å². The van der Waals surface area contributed by atoms with Crippen LogP contribution < -0.4 is 0 Å². The highest BCUT2D eigenvalue weighted by atomic mass is 16.5. The van der Waals surface area contributed by atoms with E-state index in [0.29, 0.717) is 12.5 Å². The molecule has 108 valence electrons. The second-order valence-corrected chi connectivity index (χ2v) is 6.27. The Morgan fingerprint density at radius 2 is 1.80 bits per heavy atom. The number of ether oxygens (including phenoxy) is 1. The van der Waals surface area contributed by atoms with Crippen molar-refractivity contribution in [3.8, 4) is 0 Å². The van der Waals surface area contributed by atoms with Crippen molar-refractivity contribution in [1.29, 1.82) is 0 Å². The topological polar surface area (TPSA) is 26.3 Å². The van der Waals surface area contributed by atoms with Crippen molar-refractivity contribution < 1.29 is 9.53 Å². The number of benzene rings is 1. The number of hydrogen-bond donors (Lipinski definition) is 0. The highest BCUT2D eigenvalue weighted by molar-refractivity contribution is 5.71. The molecule has 20 heavy (non-hydrogen) atoms. The van der Waals surface area contributed by atoms with Crippen molar-refractivity contribution in [2.45, 2.75) is 40.5 Å². The minimum absolute atomic E-state index is 0.0419. The smallest absolute Gasteiger partial charge is 0.308 e. The predicted octanol–water partition coefficient (Wildman–Crippen LogP) is 4.33. The molecule has 2 heteroatoms. The fourth-order valence-electron chi connectivity index (χ4n) is 2.89. The zero-order valence-electron chi connectivity index (χ0n) is 13.1. The zero-order chi connectivity index (χ0) is 14.9. The van der Waals surface area contributed by atoms with E-state index in [0.717, 1.165) is 0 Å². The van der Waals surface area contributed by atoms with E-state index in [2.05, 4.69) is 45.0 Å². The van der Waals surface area contributed by atoms with E-state index < -0.39 is 0 Å². The highest BCUT2D eigenvalue weighted by Gasteiger charge is 2.49. The van der Waals surface area contributed by atoms with Crippen LogP contribution in [0.25, 0.3) is 0 Å². The van der Waals surface area contributed by atoms with E-state index in [1.165, 1.54) is 16.7 Å². The predicted molar refractivity (Wildman–Crippen MR) is 81.5 cm³/mol. The Hall–Kier alpha value is -1.57. The van der Waals surface area contributed by atoms with Crippen molar-refractivity contribution >= 4 is 5.97 Å². The van der Waals surface area contributed by atoms with Crippen LogP contribution in [0.5, 0.6) is 0 Å². The summed E-state index contributed by atoms with van der Waals surface area (Å²) < 4.78 is 5.44. The molecule has 0 amide bonds. The van der Waals surface area contributed by atoms with Gasteiger partial charge in [0.1, 0.15) is 6.61 Å². The van der Waals surface area contributed by atoms with E-state index in [9.17, 15) is 4.79 Å². The summed E-state index contributed by atoms with van der Waals surface area (Å²) in [5.74, 6) is 0.212. The van der Waals surface area contributed by atoms with E-state index in [1.54, 1.807) is 0 Å². The van der Waals surface area contributed by atoms with Gasteiger partial charge in [0.15, 0.2) is 0 Å². The van der Waals surface area contributed by atoms with Crippen LogP contribution in [0.2, 0.25) is 0 Å². The molecule has 0 radical (unpaired) electrons. The van der Waals surface area contributed by atoms with Crippen LogP contribution in [-0.2, 0) is 9.53 Å². The zero-order valence-corrected chi connectivity index (χ0v) is 13.1. The van der Waals surface area contributed by atoms with Crippen LogP contribution in [0.4, 0.5) is 0 Å². The second-order valence-electron chi connectivity index (χ2n) is 6.27. The summed E-state index contributed by atoms with van der Waals surface area (Å²) in [5.41, 5.74) is 4.06. The van der Waals surface area contributed by atoms with Gasteiger partial charge in [-0.25, -0.2) is 0 Å². The maximum atomic E-state index is 11.6. The molecule has 0 bridgehead atoms. The fourth-order valence-corrected chi connectivity index (χ4v) is 2.89. The van der Waals surface area contributed by atoms with Gasteiger partial charge in [0.05, 0.1) is 5.92 Å². The minimum atomic E-state index is -0.113. The minimum Gasteiger partial charge on any atom is -0.464 e. The number of carbonyl (C=O) groups is 1. The second kappa shape index (κ2) is 5.43. The number of esters is 1. The van der Waals surface area contributed by atoms with Crippen molar-refractivity contribution in [3.05, 3.63) is 47.0 Å². The van der Waals surface area contributed by atoms with Crippen molar-refractivity contribution in [3.63, 3.8) is 0 Å². The number of carbonyl (C=O) groups excluding carboxylic acids is 1. The molecule has 0 saturated heterocycles. The lowest BCUT2D eigenvalue weighted by molar-refractivity contribution is -0.148. The summed E-state index contributed by atoms with van der Waals surface area (Å²) >= 11 is 0. The van der Waals surface area contributed by atoms with Crippen molar-refractivity contribution in [2.75, 3.05) is 6.61 Å². The van der Waals surface area contributed by atoms with Crippen molar-refractivity contribution in [2.24, 2.45) is 11.3 Å². The lowest BCUT2D eigenvalue weighted by Gasteiger charge is -2.18. The van der Waals surface area contributed by atoms with E-state index >= 15 is 0 Å². The van der Waals surface area contributed by atoms with Crippen LogP contribution in [0.1, 0.15) is 46.1 Å². The molecule has 1 aliphatic carbocycles. The first-order valence-electron chi connectivity index (χ1n) is 7.31. The van der Waals surface area contributed by atoms with Gasteiger partial charge >= 0.3 is 5.97 Å². The maximum absolute atomic E-state index is 11.6. The Labute approximate surface area is 121 Å². The Kier molecular flexibility index (Phi) is 4.03. The fraction of sp³-hybridized carbons (Fsp3) is 0.500. The Balaban J connectivity index is 2.02. The van der Waals surface area contributed by atoms with Crippen LogP contribution in [0, 0.1) is 11.3 Å².